The fraction of sp³-hybridized carbons (Fsp3) is 0.200. The molecular weight excluding hydrogens is 482 g/mol. The number of hydrogen-bond acceptors (Lipinski definition) is 5. The number of methoxy groups -OCH3 is 1. The number of benzene rings is 3. The standard InChI is InChI=1S/C30H27ClN5O/c1-17-35-28(29-30(33)34-16-26(36(17)29)18-7-10-20(32)11-8-18)24-13-12-23(21-5-3-4-6-22(21)24)25-15-19(31)9-14-27(25)37-2/h3-7,9,12-13,15-16,20H,8,10-11,32H2,1-2H3,(H2,33,34). The lowest BCUT2D eigenvalue weighted by atomic mass is 9.93. The first-order valence-electron chi connectivity index (χ1n) is 12.3. The smallest absolute Gasteiger partial charge is 0.150 e. The topological polar surface area (TPSA) is 91.5 Å². The summed E-state index contributed by atoms with van der Waals surface area (Å²) in [4.78, 5) is 9.62. The molecular formula is C30H27ClN5O. The molecule has 0 aliphatic heterocycles. The number of imidazole rings is 1. The lowest BCUT2D eigenvalue weighted by Crippen LogP contribution is -2.21. The fourth-order valence-corrected chi connectivity index (χ4v) is 5.54. The van der Waals surface area contributed by atoms with Gasteiger partial charge in [0.1, 0.15) is 28.6 Å². The van der Waals surface area contributed by atoms with Gasteiger partial charge in [0.25, 0.3) is 0 Å². The van der Waals surface area contributed by atoms with Crippen molar-refractivity contribution in [3.8, 4) is 28.1 Å². The summed E-state index contributed by atoms with van der Waals surface area (Å²) in [5, 5.41) is 2.71. The predicted molar refractivity (Wildman–Crippen MR) is 151 cm³/mol. The molecule has 4 N–H and O–H groups in total. The molecule has 1 unspecified atom stereocenters. The molecule has 185 valence electrons. The van der Waals surface area contributed by atoms with Crippen molar-refractivity contribution in [1.82, 2.24) is 14.4 Å². The molecule has 0 amide bonds. The second kappa shape index (κ2) is 9.21. The molecule has 0 fully saturated rings. The van der Waals surface area contributed by atoms with Crippen molar-refractivity contribution in [3.05, 3.63) is 83.4 Å². The van der Waals surface area contributed by atoms with Gasteiger partial charge in [-0.05, 0) is 60.2 Å². The minimum Gasteiger partial charge on any atom is -0.495 e. The molecule has 6 nitrogen and oxygen atoms in total. The second-order valence-corrected chi connectivity index (χ2v) is 9.89. The highest BCUT2D eigenvalue weighted by atomic mass is 35.5. The molecule has 2 heterocycles. The normalized spacial score (nSPS) is 15.8. The molecule has 1 atom stereocenters. The van der Waals surface area contributed by atoms with E-state index in [1.54, 1.807) is 13.2 Å². The van der Waals surface area contributed by atoms with Gasteiger partial charge >= 0.3 is 0 Å². The van der Waals surface area contributed by atoms with Crippen LogP contribution in [-0.4, -0.2) is 27.5 Å². The Kier molecular flexibility index (Phi) is 5.86. The largest absolute Gasteiger partial charge is 0.495 e. The number of aromatic nitrogens is 3. The van der Waals surface area contributed by atoms with E-state index < -0.39 is 0 Å². The summed E-state index contributed by atoms with van der Waals surface area (Å²) in [6.45, 7) is 2.01. The molecule has 1 radical (unpaired) electrons. The molecule has 0 saturated heterocycles. The molecule has 0 saturated carbocycles. The zero-order valence-corrected chi connectivity index (χ0v) is 21.5. The van der Waals surface area contributed by atoms with E-state index in [1.807, 2.05) is 31.3 Å². The van der Waals surface area contributed by atoms with Crippen molar-refractivity contribution in [2.75, 3.05) is 12.8 Å². The van der Waals surface area contributed by atoms with Gasteiger partial charge in [-0.1, -0.05) is 54.1 Å². The number of ether oxygens (including phenoxy) is 1. The number of fused-ring (bicyclic) bond motifs is 2. The number of rotatable bonds is 4. The van der Waals surface area contributed by atoms with Crippen LogP contribution in [0.2, 0.25) is 5.02 Å². The van der Waals surface area contributed by atoms with Crippen LogP contribution >= 0.6 is 11.6 Å². The van der Waals surface area contributed by atoms with Gasteiger partial charge in [-0.25, -0.2) is 9.97 Å². The zero-order valence-electron chi connectivity index (χ0n) is 20.8. The quantitative estimate of drug-likeness (QED) is 0.290. The van der Waals surface area contributed by atoms with Gasteiger partial charge in [0.15, 0.2) is 0 Å². The van der Waals surface area contributed by atoms with E-state index >= 15 is 0 Å². The Bertz CT molecular complexity index is 1700. The van der Waals surface area contributed by atoms with Gasteiger partial charge in [-0.3, -0.25) is 4.40 Å². The molecule has 5 aromatic rings. The van der Waals surface area contributed by atoms with E-state index in [1.165, 1.54) is 5.57 Å². The van der Waals surface area contributed by atoms with Crippen molar-refractivity contribution in [2.24, 2.45) is 5.73 Å². The van der Waals surface area contributed by atoms with E-state index in [0.717, 1.165) is 69.5 Å². The summed E-state index contributed by atoms with van der Waals surface area (Å²) in [6, 6.07) is 19.4. The van der Waals surface area contributed by atoms with Crippen LogP contribution in [0.5, 0.6) is 5.75 Å². The Morgan fingerprint density at radius 3 is 2.59 bits per heavy atom. The number of nitrogens with zero attached hydrogens (tertiary/aromatic N) is 3. The number of anilines is 1. The van der Waals surface area contributed by atoms with Crippen molar-refractivity contribution in [1.29, 1.82) is 0 Å². The van der Waals surface area contributed by atoms with Crippen molar-refractivity contribution in [3.63, 3.8) is 0 Å². The maximum absolute atomic E-state index is 6.50. The maximum atomic E-state index is 6.50. The van der Waals surface area contributed by atoms with Gasteiger partial charge in [-0.2, -0.15) is 0 Å². The molecule has 0 spiro atoms. The average Bonchev–Trinajstić information content (AvgIpc) is 3.26. The number of nitrogens with two attached hydrogens (primary N) is 2. The van der Waals surface area contributed by atoms with Gasteiger partial charge in [-0.15, -0.1) is 0 Å². The van der Waals surface area contributed by atoms with Crippen LogP contribution < -0.4 is 16.2 Å². The first-order chi connectivity index (χ1) is 18.0. The van der Waals surface area contributed by atoms with Crippen LogP contribution in [0.15, 0.2) is 60.8 Å². The second-order valence-electron chi connectivity index (χ2n) is 9.46. The Morgan fingerprint density at radius 1 is 1.11 bits per heavy atom. The monoisotopic (exact) mass is 508 g/mol. The lowest BCUT2D eigenvalue weighted by Gasteiger charge is -2.20. The van der Waals surface area contributed by atoms with Crippen LogP contribution in [-0.2, 0) is 0 Å². The molecule has 2 aromatic heterocycles. The highest BCUT2D eigenvalue weighted by Crippen LogP contribution is 2.41. The van der Waals surface area contributed by atoms with Crippen LogP contribution in [0.3, 0.4) is 0 Å². The third-order valence-corrected chi connectivity index (χ3v) is 7.39. The van der Waals surface area contributed by atoms with Crippen molar-refractivity contribution < 1.29 is 4.74 Å². The number of halogens is 1. The number of hydrogen-bond donors (Lipinski definition) is 2. The SMILES string of the molecule is COc1[c]cc(Cl)cc1-c1ccc(-c2nc(C)n3c(C4=CCC(N)CC4)cnc(N)c23)c2ccccc12. The van der Waals surface area contributed by atoms with Crippen molar-refractivity contribution >= 4 is 39.3 Å². The first kappa shape index (κ1) is 23.5. The van der Waals surface area contributed by atoms with E-state index in [9.17, 15) is 0 Å². The molecule has 0 bridgehead atoms. The maximum Gasteiger partial charge on any atom is 0.150 e. The highest BCUT2D eigenvalue weighted by Gasteiger charge is 2.22. The van der Waals surface area contributed by atoms with Crippen LogP contribution in [0.4, 0.5) is 5.82 Å². The Labute approximate surface area is 220 Å². The fourth-order valence-electron chi connectivity index (χ4n) is 5.38. The first-order valence-corrected chi connectivity index (χ1v) is 12.7. The summed E-state index contributed by atoms with van der Waals surface area (Å²) in [6.07, 6.45) is 6.80. The van der Waals surface area contributed by atoms with Crippen LogP contribution in [0, 0.1) is 13.0 Å². The number of nitrogen functional groups attached to an aromatic ring is 1. The van der Waals surface area contributed by atoms with Crippen LogP contribution in [0.1, 0.15) is 30.8 Å². The van der Waals surface area contributed by atoms with Gasteiger partial charge in [0.2, 0.25) is 0 Å². The van der Waals surface area contributed by atoms with Gasteiger partial charge in [0.05, 0.1) is 19.0 Å². The highest BCUT2D eigenvalue weighted by molar-refractivity contribution is 6.31. The lowest BCUT2D eigenvalue weighted by molar-refractivity contribution is 0.415. The number of allylic oxidation sites excluding steroid dienone is 1. The summed E-state index contributed by atoms with van der Waals surface area (Å²) >= 11 is 6.34. The third-order valence-electron chi connectivity index (χ3n) is 7.18. The average molecular weight is 509 g/mol. The van der Waals surface area contributed by atoms with Crippen LogP contribution in [0.25, 0.3) is 44.2 Å². The van der Waals surface area contributed by atoms with E-state index in [4.69, 9.17) is 32.8 Å². The molecule has 1 aliphatic carbocycles. The van der Waals surface area contributed by atoms with E-state index in [2.05, 4.69) is 45.8 Å². The summed E-state index contributed by atoms with van der Waals surface area (Å²) in [5.41, 5.74) is 19.4. The molecule has 7 heteroatoms. The molecule has 1 aliphatic rings. The Balaban J connectivity index is 1.60. The number of aryl methyl sites for hydroxylation is 1. The summed E-state index contributed by atoms with van der Waals surface area (Å²) in [5.74, 6) is 1.96. The summed E-state index contributed by atoms with van der Waals surface area (Å²) in [7, 11) is 1.64. The minimum absolute atomic E-state index is 0.209. The van der Waals surface area contributed by atoms with E-state index in [0.29, 0.717) is 16.6 Å². The van der Waals surface area contributed by atoms with Gasteiger partial charge in [0, 0.05) is 28.3 Å². The molecule has 6 rings (SSSR count). The predicted octanol–water partition coefficient (Wildman–Crippen LogP) is 6.46. The molecule has 3 aromatic carbocycles. The minimum atomic E-state index is 0.209. The van der Waals surface area contributed by atoms with E-state index in [-0.39, 0.29) is 6.04 Å². The zero-order chi connectivity index (χ0) is 25.7. The Hall–Kier alpha value is -3.87. The van der Waals surface area contributed by atoms with Gasteiger partial charge < -0.3 is 16.2 Å². The third kappa shape index (κ3) is 3.93. The summed E-state index contributed by atoms with van der Waals surface area (Å²) < 4.78 is 7.74. The van der Waals surface area contributed by atoms with Crippen molar-refractivity contribution in [2.45, 2.75) is 32.2 Å². The molecule has 37 heavy (non-hydrogen) atoms. The Morgan fingerprint density at radius 2 is 1.86 bits per heavy atom.